The third-order valence-corrected chi connectivity index (χ3v) is 8.80. The van der Waals surface area contributed by atoms with Crippen LogP contribution in [0.3, 0.4) is 0 Å². The predicted molar refractivity (Wildman–Crippen MR) is 126 cm³/mol. The molecule has 6 nitrogen and oxygen atoms in total. The molecule has 2 aromatic rings. The second-order valence-corrected chi connectivity index (χ2v) is 12.7. The van der Waals surface area contributed by atoms with Gasteiger partial charge in [0, 0.05) is 29.8 Å². The first-order chi connectivity index (χ1) is 14.6. The Bertz CT molecular complexity index is 1100. The fourth-order valence-corrected chi connectivity index (χ4v) is 7.02. The Morgan fingerprint density at radius 3 is 2.23 bits per heavy atom. The fraction of sp³-hybridized carbons (Fsp3) is 0.391. The van der Waals surface area contributed by atoms with Gasteiger partial charge in [0.15, 0.2) is 0 Å². The minimum absolute atomic E-state index is 0.113. The highest BCUT2D eigenvalue weighted by atomic mass is 32.2. The molecule has 0 bridgehead atoms. The summed E-state index contributed by atoms with van der Waals surface area (Å²) < 4.78 is 38.8. The molecule has 0 aliphatic carbocycles. The van der Waals surface area contributed by atoms with Crippen LogP contribution in [0, 0.1) is 5.92 Å². The zero-order valence-electron chi connectivity index (χ0n) is 17.9. The number of hydrogen-bond acceptors (Lipinski definition) is 4. The molecule has 4 unspecified atom stereocenters. The lowest BCUT2D eigenvalue weighted by atomic mass is 9.90. The van der Waals surface area contributed by atoms with Crippen LogP contribution in [0.5, 0.6) is 0 Å². The van der Waals surface area contributed by atoms with E-state index in [1.54, 1.807) is 19.1 Å². The Hall–Kier alpha value is -2.16. The van der Waals surface area contributed by atoms with Gasteiger partial charge in [0.05, 0.1) is 21.4 Å². The van der Waals surface area contributed by atoms with Gasteiger partial charge in [-0.3, -0.25) is 4.79 Å². The average molecular weight is 463 g/mol. The summed E-state index contributed by atoms with van der Waals surface area (Å²) in [6, 6.07) is 18.4. The van der Waals surface area contributed by atoms with Crippen LogP contribution in [0.1, 0.15) is 31.4 Å². The number of rotatable bonds is 7. The van der Waals surface area contributed by atoms with Crippen LogP contribution in [-0.4, -0.2) is 53.3 Å². The Morgan fingerprint density at radius 1 is 1.06 bits per heavy atom. The van der Waals surface area contributed by atoms with Crippen LogP contribution in [0.25, 0.3) is 0 Å². The van der Waals surface area contributed by atoms with E-state index in [0.29, 0.717) is 17.7 Å². The van der Waals surface area contributed by atoms with E-state index in [1.165, 1.54) is 0 Å². The van der Waals surface area contributed by atoms with Gasteiger partial charge in [-0.15, -0.1) is 0 Å². The number of nitrogens with zero attached hydrogens (tertiary/aromatic N) is 1. The van der Waals surface area contributed by atoms with Crippen molar-refractivity contribution in [2.24, 2.45) is 5.92 Å². The van der Waals surface area contributed by atoms with Crippen molar-refractivity contribution < 1.29 is 17.4 Å². The molecule has 0 aromatic heterocycles. The van der Waals surface area contributed by atoms with Gasteiger partial charge in [0.25, 0.3) is 0 Å². The number of piperidine rings is 1. The Morgan fingerprint density at radius 2 is 1.65 bits per heavy atom. The molecule has 1 N–H and O–H groups in total. The summed E-state index contributed by atoms with van der Waals surface area (Å²) in [4.78, 5) is 13.5. The molecular formula is C23H30N2O4S2. The molecule has 1 heterocycles. The summed E-state index contributed by atoms with van der Waals surface area (Å²) >= 11 is 0. The minimum atomic E-state index is -3.20. The van der Waals surface area contributed by atoms with Gasteiger partial charge in [-0.1, -0.05) is 48.5 Å². The van der Waals surface area contributed by atoms with Gasteiger partial charge in [-0.25, -0.2) is 16.9 Å². The number of carbonyl (C=O) groups is 1. The lowest BCUT2D eigenvalue weighted by molar-refractivity contribution is -0.126. The van der Waals surface area contributed by atoms with Crippen LogP contribution in [0.2, 0.25) is 0 Å². The molecule has 168 valence electrons. The molecule has 0 radical (unpaired) electrons. The third-order valence-electron chi connectivity index (χ3n) is 5.52. The third kappa shape index (κ3) is 5.96. The standard InChI is InChI=1S/C23H30N2O4S2/c1-18(17-30(2,27)28)24-23(26)20-14-15-22(19-10-6-4-7-11-19)25(16-20)31(3,29)21-12-8-5-9-13-21/h4-13,18,20,22H,3,14-17H2,1-2H3,(H,24,26). The van der Waals surface area contributed by atoms with E-state index in [4.69, 9.17) is 0 Å². The van der Waals surface area contributed by atoms with E-state index in [0.717, 1.165) is 11.8 Å². The highest BCUT2D eigenvalue weighted by Gasteiger charge is 2.37. The smallest absolute Gasteiger partial charge is 0.224 e. The van der Waals surface area contributed by atoms with Gasteiger partial charge in [-0.05, 0) is 43.3 Å². The summed E-state index contributed by atoms with van der Waals surface area (Å²) in [7, 11) is -6.02. The molecule has 31 heavy (non-hydrogen) atoms. The van der Waals surface area contributed by atoms with E-state index in [9.17, 15) is 17.4 Å². The molecular weight excluding hydrogens is 432 g/mol. The molecule has 0 spiro atoms. The summed E-state index contributed by atoms with van der Waals surface area (Å²) in [6.45, 7) is 1.97. The van der Waals surface area contributed by atoms with Crippen LogP contribution in [-0.2, 0) is 24.3 Å². The normalized spacial score (nSPS) is 22.9. The van der Waals surface area contributed by atoms with Crippen LogP contribution >= 0.6 is 0 Å². The minimum Gasteiger partial charge on any atom is -0.352 e. The predicted octanol–water partition coefficient (Wildman–Crippen LogP) is 2.68. The molecule has 8 heteroatoms. The number of hydrogen-bond donors (Lipinski definition) is 1. The maximum Gasteiger partial charge on any atom is 0.224 e. The zero-order valence-corrected chi connectivity index (χ0v) is 19.6. The average Bonchev–Trinajstić information content (AvgIpc) is 2.73. The first-order valence-electron chi connectivity index (χ1n) is 10.3. The summed E-state index contributed by atoms with van der Waals surface area (Å²) in [5, 5.41) is 2.81. The van der Waals surface area contributed by atoms with Gasteiger partial charge in [0.2, 0.25) is 5.91 Å². The second kappa shape index (κ2) is 9.54. The number of carbonyl (C=O) groups excluding carboxylic acids is 1. The highest BCUT2D eigenvalue weighted by molar-refractivity contribution is 7.98. The van der Waals surface area contributed by atoms with Gasteiger partial charge in [0.1, 0.15) is 9.84 Å². The highest BCUT2D eigenvalue weighted by Crippen LogP contribution is 2.37. The van der Waals surface area contributed by atoms with Crippen LogP contribution < -0.4 is 5.32 Å². The van der Waals surface area contributed by atoms with E-state index in [1.807, 2.05) is 52.8 Å². The van der Waals surface area contributed by atoms with E-state index in [-0.39, 0.29) is 24.2 Å². The summed E-state index contributed by atoms with van der Waals surface area (Å²) in [5.41, 5.74) is 1.04. The molecule has 3 rings (SSSR count). The quantitative estimate of drug-likeness (QED) is 0.642. The Balaban J connectivity index is 1.86. The molecule has 1 amide bonds. The topological polar surface area (TPSA) is 83.6 Å². The van der Waals surface area contributed by atoms with Crippen molar-refractivity contribution in [3.8, 4) is 0 Å². The van der Waals surface area contributed by atoms with Crippen molar-refractivity contribution in [3.63, 3.8) is 0 Å². The number of benzene rings is 2. The maximum absolute atomic E-state index is 13.9. The first kappa shape index (κ1) is 23.5. The second-order valence-electron chi connectivity index (χ2n) is 8.26. The molecule has 2 aromatic carbocycles. The van der Waals surface area contributed by atoms with E-state index >= 15 is 0 Å². The van der Waals surface area contributed by atoms with Crippen LogP contribution in [0.15, 0.2) is 65.6 Å². The molecule has 0 saturated carbocycles. The summed E-state index contributed by atoms with van der Waals surface area (Å²) in [5.74, 6) is 3.37. The van der Waals surface area contributed by atoms with Crippen molar-refractivity contribution in [2.75, 3.05) is 18.6 Å². The fourth-order valence-electron chi connectivity index (χ4n) is 4.11. The molecule has 4 atom stereocenters. The van der Waals surface area contributed by atoms with Crippen molar-refractivity contribution >= 4 is 31.3 Å². The van der Waals surface area contributed by atoms with Crippen molar-refractivity contribution in [1.29, 1.82) is 0 Å². The molecule has 1 fully saturated rings. The van der Waals surface area contributed by atoms with E-state index in [2.05, 4.69) is 11.2 Å². The van der Waals surface area contributed by atoms with Crippen molar-refractivity contribution in [2.45, 2.75) is 36.7 Å². The number of nitrogens with one attached hydrogen (secondary N) is 1. The van der Waals surface area contributed by atoms with Gasteiger partial charge >= 0.3 is 0 Å². The monoisotopic (exact) mass is 462 g/mol. The maximum atomic E-state index is 13.9. The molecule has 1 aliphatic rings. The lowest BCUT2D eigenvalue weighted by Gasteiger charge is -2.41. The van der Waals surface area contributed by atoms with Gasteiger partial charge < -0.3 is 5.32 Å². The summed E-state index contributed by atoms with van der Waals surface area (Å²) in [6.07, 6.45) is 2.43. The number of sulfone groups is 1. The van der Waals surface area contributed by atoms with E-state index < -0.39 is 31.5 Å². The molecule has 1 saturated heterocycles. The van der Waals surface area contributed by atoms with Crippen LogP contribution in [0.4, 0.5) is 0 Å². The number of amides is 1. The lowest BCUT2D eigenvalue weighted by Crippen LogP contribution is -2.49. The van der Waals surface area contributed by atoms with Gasteiger partial charge in [-0.2, -0.15) is 0 Å². The SMILES string of the molecule is C=S(=O)(c1ccccc1)N1CC(C(=O)NC(C)CS(C)(=O)=O)CCC1c1ccccc1. The Kier molecular flexibility index (Phi) is 7.24. The molecule has 1 aliphatic heterocycles. The van der Waals surface area contributed by atoms with Crippen molar-refractivity contribution in [3.05, 3.63) is 66.2 Å². The first-order valence-corrected chi connectivity index (χ1v) is 14.0. The zero-order chi connectivity index (χ0) is 22.6. The Labute approximate surface area is 185 Å². The largest absolute Gasteiger partial charge is 0.352 e. The van der Waals surface area contributed by atoms with Crippen molar-refractivity contribution in [1.82, 2.24) is 9.62 Å².